The Labute approximate surface area is 148 Å². The minimum atomic E-state index is -0.287. The van der Waals surface area contributed by atoms with Crippen LogP contribution >= 0.6 is 23.1 Å². The van der Waals surface area contributed by atoms with Crippen LogP contribution in [0, 0.1) is 6.92 Å². The fourth-order valence-corrected chi connectivity index (χ4v) is 3.81. The van der Waals surface area contributed by atoms with Gasteiger partial charge in [-0.1, -0.05) is 23.4 Å². The monoisotopic (exact) mass is 360 g/mol. The molecular weight excluding hydrogens is 344 g/mol. The van der Waals surface area contributed by atoms with Crippen molar-refractivity contribution in [1.29, 1.82) is 0 Å². The molecule has 0 spiro atoms. The molecule has 5 nitrogen and oxygen atoms in total. The molecule has 124 valence electrons. The van der Waals surface area contributed by atoms with Gasteiger partial charge >= 0.3 is 5.97 Å². The summed E-state index contributed by atoms with van der Waals surface area (Å²) in [6.07, 6.45) is 1.52. The number of hydrogen-bond acceptors (Lipinski definition) is 7. The maximum atomic E-state index is 12.0. The SMILES string of the molecule is COc1ccc(C)cc1COC(=O)CSc1ncnc2sccc12. The van der Waals surface area contributed by atoms with Gasteiger partial charge in [0, 0.05) is 10.9 Å². The van der Waals surface area contributed by atoms with Crippen LogP contribution in [0.1, 0.15) is 11.1 Å². The molecule has 0 aliphatic carbocycles. The van der Waals surface area contributed by atoms with Crippen molar-refractivity contribution in [3.8, 4) is 5.75 Å². The second kappa shape index (κ2) is 7.63. The summed E-state index contributed by atoms with van der Waals surface area (Å²) in [5, 5.41) is 3.73. The van der Waals surface area contributed by atoms with Crippen molar-refractivity contribution >= 4 is 39.3 Å². The second-order valence-electron chi connectivity index (χ2n) is 5.08. The molecule has 3 rings (SSSR count). The fourth-order valence-electron chi connectivity index (χ4n) is 2.23. The Balaban J connectivity index is 1.58. The molecule has 0 saturated heterocycles. The molecule has 1 aromatic carbocycles. The molecule has 7 heteroatoms. The molecule has 0 radical (unpaired) electrons. The minimum Gasteiger partial charge on any atom is -0.496 e. The van der Waals surface area contributed by atoms with E-state index < -0.39 is 0 Å². The number of ether oxygens (including phenoxy) is 2. The van der Waals surface area contributed by atoms with E-state index in [-0.39, 0.29) is 18.3 Å². The lowest BCUT2D eigenvalue weighted by molar-refractivity contribution is -0.141. The highest BCUT2D eigenvalue weighted by Crippen LogP contribution is 2.28. The highest BCUT2D eigenvalue weighted by molar-refractivity contribution is 8.00. The summed E-state index contributed by atoms with van der Waals surface area (Å²) < 4.78 is 10.6. The normalized spacial score (nSPS) is 10.8. The van der Waals surface area contributed by atoms with E-state index in [0.717, 1.165) is 32.1 Å². The summed E-state index contributed by atoms with van der Waals surface area (Å²) in [6, 6.07) is 7.76. The third kappa shape index (κ3) is 3.85. The van der Waals surface area contributed by atoms with E-state index in [9.17, 15) is 4.79 Å². The Morgan fingerprint density at radius 1 is 1.29 bits per heavy atom. The van der Waals surface area contributed by atoms with E-state index >= 15 is 0 Å². The number of carbonyl (C=O) groups is 1. The summed E-state index contributed by atoms with van der Waals surface area (Å²) in [6.45, 7) is 2.18. The molecule has 0 bridgehead atoms. The topological polar surface area (TPSA) is 61.3 Å². The quantitative estimate of drug-likeness (QED) is 0.378. The highest BCUT2D eigenvalue weighted by atomic mass is 32.2. The first-order chi connectivity index (χ1) is 11.7. The average Bonchev–Trinajstić information content (AvgIpc) is 3.07. The van der Waals surface area contributed by atoms with E-state index in [1.54, 1.807) is 18.4 Å². The van der Waals surface area contributed by atoms with Gasteiger partial charge in [-0.2, -0.15) is 0 Å². The Morgan fingerprint density at radius 3 is 3.00 bits per heavy atom. The fraction of sp³-hybridized carbons (Fsp3) is 0.235. The van der Waals surface area contributed by atoms with Crippen molar-refractivity contribution in [1.82, 2.24) is 9.97 Å². The van der Waals surface area contributed by atoms with Gasteiger partial charge < -0.3 is 9.47 Å². The van der Waals surface area contributed by atoms with Crippen LogP contribution in [0.5, 0.6) is 5.75 Å². The van der Waals surface area contributed by atoms with Crippen LogP contribution < -0.4 is 4.74 Å². The smallest absolute Gasteiger partial charge is 0.316 e. The van der Waals surface area contributed by atoms with E-state index in [4.69, 9.17) is 9.47 Å². The predicted octanol–water partition coefficient (Wildman–Crippen LogP) is 3.84. The number of carbonyl (C=O) groups excluding carboxylic acids is 1. The number of fused-ring (bicyclic) bond motifs is 1. The van der Waals surface area contributed by atoms with Gasteiger partial charge in [0.05, 0.1) is 12.9 Å². The van der Waals surface area contributed by atoms with Gasteiger partial charge in [0.1, 0.15) is 28.5 Å². The van der Waals surface area contributed by atoms with Crippen LogP contribution in [0.15, 0.2) is 41.0 Å². The largest absolute Gasteiger partial charge is 0.496 e. The number of esters is 1. The summed E-state index contributed by atoms with van der Waals surface area (Å²) >= 11 is 2.91. The number of thiophene rings is 1. The Morgan fingerprint density at radius 2 is 2.17 bits per heavy atom. The zero-order valence-electron chi connectivity index (χ0n) is 13.3. The van der Waals surface area contributed by atoms with Gasteiger partial charge in [-0.25, -0.2) is 9.97 Å². The third-order valence-corrected chi connectivity index (χ3v) is 5.18. The first-order valence-electron chi connectivity index (χ1n) is 7.27. The summed E-state index contributed by atoms with van der Waals surface area (Å²) in [5.41, 5.74) is 1.95. The van der Waals surface area contributed by atoms with Crippen LogP contribution in [-0.2, 0) is 16.1 Å². The van der Waals surface area contributed by atoms with Crippen LogP contribution in [0.25, 0.3) is 10.2 Å². The number of nitrogens with zero attached hydrogens (tertiary/aromatic N) is 2. The molecule has 0 amide bonds. The molecule has 0 aliphatic heterocycles. The molecule has 0 N–H and O–H groups in total. The van der Waals surface area contributed by atoms with Crippen LogP contribution in [-0.4, -0.2) is 28.8 Å². The summed E-state index contributed by atoms with van der Waals surface area (Å²) in [7, 11) is 1.60. The first-order valence-corrected chi connectivity index (χ1v) is 9.14. The van der Waals surface area contributed by atoms with Gasteiger partial charge in [-0.3, -0.25) is 4.79 Å². The average molecular weight is 360 g/mol. The molecule has 0 saturated carbocycles. The number of rotatable bonds is 6. The standard InChI is InChI=1S/C17H16N2O3S2/c1-11-3-4-14(21-2)12(7-11)8-22-15(20)9-24-17-13-5-6-23-16(13)18-10-19-17/h3-7,10H,8-9H2,1-2H3. The Kier molecular flexibility index (Phi) is 5.32. The molecule has 0 aliphatic rings. The highest BCUT2D eigenvalue weighted by Gasteiger charge is 2.11. The van der Waals surface area contributed by atoms with Crippen LogP contribution in [0.4, 0.5) is 0 Å². The van der Waals surface area contributed by atoms with Gasteiger partial charge in [0.25, 0.3) is 0 Å². The lowest BCUT2D eigenvalue weighted by atomic mass is 10.1. The van der Waals surface area contributed by atoms with Crippen molar-refractivity contribution in [2.45, 2.75) is 18.6 Å². The maximum Gasteiger partial charge on any atom is 0.316 e. The molecule has 2 heterocycles. The van der Waals surface area contributed by atoms with Crippen LogP contribution in [0.2, 0.25) is 0 Å². The Hall–Kier alpha value is -2.12. The molecule has 24 heavy (non-hydrogen) atoms. The van der Waals surface area contributed by atoms with E-state index in [1.807, 2.05) is 36.6 Å². The molecule has 2 aromatic heterocycles. The zero-order valence-corrected chi connectivity index (χ0v) is 14.9. The first kappa shape index (κ1) is 16.7. The van der Waals surface area contributed by atoms with Crippen molar-refractivity contribution in [2.24, 2.45) is 0 Å². The van der Waals surface area contributed by atoms with E-state index in [1.165, 1.54) is 18.1 Å². The van der Waals surface area contributed by atoms with Crippen LogP contribution in [0.3, 0.4) is 0 Å². The number of benzene rings is 1. The molecule has 0 atom stereocenters. The lowest BCUT2D eigenvalue weighted by Crippen LogP contribution is -2.08. The second-order valence-corrected chi connectivity index (χ2v) is 6.94. The van der Waals surface area contributed by atoms with E-state index in [0.29, 0.717) is 0 Å². The zero-order chi connectivity index (χ0) is 16.9. The van der Waals surface area contributed by atoms with Crippen molar-refractivity contribution in [2.75, 3.05) is 12.9 Å². The molecule has 3 aromatic rings. The van der Waals surface area contributed by atoms with Crippen molar-refractivity contribution in [3.63, 3.8) is 0 Å². The van der Waals surface area contributed by atoms with Crippen molar-refractivity contribution in [3.05, 3.63) is 47.1 Å². The summed E-state index contributed by atoms with van der Waals surface area (Å²) in [4.78, 5) is 21.4. The molecule has 0 fully saturated rings. The third-order valence-electron chi connectivity index (χ3n) is 3.38. The number of aryl methyl sites for hydroxylation is 1. The molecular formula is C17H16N2O3S2. The molecule has 0 unspecified atom stereocenters. The van der Waals surface area contributed by atoms with Crippen molar-refractivity contribution < 1.29 is 14.3 Å². The number of methoxy groups -OCH3 is 1. The number of hydrogen-bond donors (Lipinski definition) is 0. The number of thioether (sulfide) groups is 1. The maximum absolute atomic E-state index is 12.0. The van der Waals surface area contributed by atoms with Gasteiger partial charge in [-0.05, 0) is 30.5 Å². The predicted molar refractivity (Wildman–Crippen MR) is 95.7 cm³/mol. The lowest BCUT2D eigenvalue weighted by Gasteiger charge is -2.10. The number of aromatic nitrogens is 2. The summed E-state index contributed by atoms with van der Waals surface area (Å²) in [5.74, 6) is 0.637. The Bertz CT molecular complexity index is 864. The minimum absolute atomic E-state index is 0.196. The van der Waals surface area contributed by atoms with E-state index in [2.05, 4.69) is 9.97 Å². The van der Waals surface area contributed by atoms with Gasteiger partial charge in [-0.15, -0.1) is 11.3 Å². The van der Waals surface area contributed by atoms with Gasteiger partial charge in [0.15, 0.2) is 0 Å². The van der Waals surface area contributed by atoms with Gasteiger partial charge in [0.2, 0.25) is 0 Å².